The first-order valence-electron chi connectivity index (χ1n) is 11.5. The van der Waals surface area contributed by atoms with Crippen molar-refractivity contribution in [3.05, 3.63) is 82.0 Å². The maximum absolute atomic E-state index is 12.9. The van der Waals surface area contributed by atoms with Crippen LogP contribution in [0.15, 0.2) is 59.4 Å². The van der Waals surface area contributed by atoms with Gasteiger partial charge < -0.3 is 9.84 Å². The van der Waals surface area contributed by atoms with Gasteiger partial charge in [0.25, 0.3) is 0 Å². The van der Waals surface area contributed by atoms with Gasteiger partial charge in [-0.2, -0.15) is 5.10 Å². The van der Waals surface area contributed by atoms with Crippen LogP contribution >= 0.6 is 0 Å². The number of rotatable bonds is 12. The third-order valence-electron chi connectivity index (χ3n) is 5.57. The van der Waals surface area contributed by atoms with Crippen LogP contribution in [-0.2, 0) is 37.1 Å². The quantitative estimate of drug-likeness (QED) is 0.448. The van der Waals surface area contributed by atoms with Crippen LogP contribution in [0.4, 0.5) is 0 Å². The molecule has 1 heterocycles. The van der Waals surface area contributed by atoms with Crippen molar-refractivity contribution in [3.63, 3.8) is 0 Å². The van der Waals surface area contributed by atoms with Crippen molar-refractivity contribution in [1.29, 1.82) is 0 Å². The average molecular weight is 452 g/mol. The van der Waals surface area contributed by atoms with E-state index in [0.29, 0.717) is 25.3 Å². The average Bonchev–Trinajstić information content (AvgIpc) is 3.09. The lowest BCUT2D eigenvalue weighted by Crippen LogP contribution is -2.37. The van der Waals surface area contributed by atoms with E-state index in [9.17, 15) is 14.7 Å². The summed E-state index contributed by atoms with van der Waals surface area (Å²) in [6.45, 7) is 6.35. The van der Waals surface area contributed by atoms with Gasteiger partial charge in [0, 0.05) is 19.5 Å². The second kappa shape index (κ2) is 11.0. The maximum Gasteiger partial charge on any atom is 0.347 e. The first-order valence-corrected chi connectivity index (χ1v) is 11.5. The molecule has 7 heteroatoms. The molecule has 0 unspecified atom stereocenters. The summed E-state index contributed by atoms with van der Waals surface area (Å²) in [4.78, 5) is 24.1. The van der Waals surface area contributed by atoms with Gasteiger partial charge in [0.15, 0.2) is 5.60 Å². The highest BCUT2D eigenvalue weighted by molar-refractivity contribution is 5.76. The van der Waals surface area contributed by atoms with Crippen LogP contribution in [0.3, 0.4) is 0 Å². The van der Waals surface area contributed by atoms with Gasteiger partial charge in [0.2, 0.25) is 0 Å². The smallest absolute Gasteiger partial charge is 0.347 e. The van der Waals surface area contributed by atoms with Crippen LogP contribution in [0, 0.1) is 0 Å². The number of aryl methyl sites for hydroxylation is 4. The van der Waals surface area contributed by atoms with E-state index in [1.54, 1.807) is 21.4 Å². The molecular weight excluding hydrogens is 418 g/mol. The van der Waals surface area contributed by atoms with E-state index >= 15 is 0 Å². The Bertz CT molecular complexity index is 1100. The van der Waals surface area contributed by atoms with E-state index in [1.807, 2.05) is 30.3 Å². The Balaban J connectivity index is 1.63. The number of aliphatic carboxylic acids is 1. The molecule has 0 atom stereocenters. The number of nitrogens with zero attached hydrogens (tertiary/aromatic N) is 3. The van der Waals surface area contributed by atoms with E-state index in [0.717, 1.165) is 37.1 Å². The Kier molecular flexibility index (Phi) is 8.09. The number of benzene rings is 2. The van der Waals surface area contributed by atoms with Crippen LogP contribution < -0.4 is 10.4 Å². The predicted octanol–water partition coefficient (Wildman–Crippen LogP) is 4.11. The molecule has 1 N–H and O–H groups in total. The normalized spacial score (nSPS) is 11.5. The molecule has 0 saturated heterocycles. The van der Waals surface area contributed by atoms with Crippen molar-refractivity contribution >= 4 is 5.97 Å². The highest BCUT2D eigenvalue weighted by atomic mass is 16.5. The van der Waals surface area contributed by atoms with Crippen LogP contribution in [0.2, 0.25) is 0 Å². The first kappa shape index (κ1) is 24.3. The van der Waals surface area contributed by atoms with Crippen molar-refractivity contribution in [2.24, 2.45) is 0 Å². The minimum atomic E-state index is -1.29. The summed E-state index contributed by atoms with van der Waals surface area (Å²) in [5, 5.41) is 13.8. The molecule has 176 valence electrons. The third-order valence-corrected chi connectivity index (χ3v) is 5.57. The zero-order valence-electron chi connectivity index (χ0n) is 19.7. The first-order chi connectivity index (χ1) is 15.8. The summed E-state index contributed by atoms with van der Waals surface area (Å²) >= 11 is 0. The van der Waals surface area contributed by atoms with E-state index < -0.39 is 11.6 Å². The summed E-state index contributed by atoms with van der Waals surface area (Å²) in [6.07, 6.45) is 4.03. The molecule has 0 aliphatic heterocycles. The topological polar surface area (TPSA) is 86.3 Å². The number of carbonyl (C=O) groups is 1. The molecule has 2 aromatic carbocycles. The number of carboxylic acid groups (broad SMARTS) is 1. The lowest BCUT2D eigenvalue weighted by Gasteiger charge is -2.21. The van der Waals surface area contributed by atoms with Gasteiger partial charge in [-0.1, -0.05) is 49.4 Å². The number of aromatic nitrogens is 3. The number of ether oxygens (including phenoxy) is 1. The fourth-order valence-electron chi connectivity index (χ4n) is 3.66. The summed E-state index contributed by atoms with van der Waals surface area (Å²) in [5.74, 6) is 0.297. The molecule has 1 aromatic heterocycles. The molecule has 0 fully saturated rings. The van der Waals surface area contributed by atoms with Gasteiger partial charge in [0.1, 0.15) is 11.6 Å². The number of hydrogen-bond donors (Lipinski definition) is 1. The van der Waals surface area contributed by atoms with Crippen molar-refractivity contribution in [3.8, 4) is 5.75 Å². The van der Waals surface area contributed by atoms with E-state index in [-0.39, 0.29) is 5.69 Å². The van der Waals surface area contributed by atoms with Gasteiger partial charge in [-0.3, -0.25) is 4.57 Å². The molecular formula is C26H33N3O4. The highest BCUT2D eigenvalue weighted by Gasteiger charge is 2.29. The zero-order chi connectivity index (χ0) is 23.8. The molecule has 3 rings (SSSR count). The van der Waals surface area contributed by atoms with Crippen molar-refractivity contribution < 1.29 is 14.6 Å². The van der Waals surface area contributed by atoms with Gasteiger partial charge in [0.05, 0.1) is 0 Å². The molecule has 7 nitrogen and oxygen atoms in total. The Hall–Kier alpha value is -3.35. The lowest BCUT2D eigenvalue weighted by atomic mass is 10.1. The third kappa shape index (κ3) is 6.57. The molecule has 3 aromatic rings. The van der Waals surface area contributed by atoms with Crippen LogP contribution in [0.5, 0.6) is 5.75 Å². The Morgan fingerprint density at radius 2 is 1.64 bits per heavy atom. The molecule has 33 heavy (non-hydrogen) atoms. The monoisotopic (exact) mass is 451 g/mol. The second-order valence-electron chi connectivity index (χ2n) is 8.72. The SMILES string of the molecule is CCCn1c(CCc2ccc(OC(C)(C)C(=O)O)cc2)nn(CCCc2ccccc2)c1=O. The Labute approximate surface area is 194 Å². The van der Waals surface area contributed by atoms with E-state index in [2.05, 4.69) is 24.2 Å². The van der Waals surface area contributed by atoms with Crippen LogP contribution in [0.1, 0.15) is 50.6 Å². The summed E-state index contributed by atoms with van der Waals surface area (Å²) in [7, 11) is 0. The van der Waals surface area contributed by atoms with E-state index in [1.165, 1.54) is 19.4 Å². The Morgan fingerprint density at radius 3 is 2.27 bits per heavy atom. The predicted molar refractivity (Wildman–Crippen MR) is 128 cm³/mol. The number of carboxylic acids is 1. The molecule has 0 spiro atoms. The minimum Gasteiger partial charge on any atom is -0.478 e. The van der Waals surface area contributed by atoms with Crippen LogP contribution in [0.25, 0.3) is 0 Å². The van der Waals surface area contributed by atoms with E-state index in [4.69, 9.17) is 4.74 Å². The molecule has 0 aliphatic rings. The fourth-order valence-corrected chi connectivity index (χ4v) is 3.66. The van der Waals surface area contributed by atoms with Crippen LogP contribution in [-0.4, -0.2) is 31.0 Å². The zero-order valence-corrected chi connectivity index (χ0v) is 19.7. The summed E-state index contributed by atoms with van der Waals surface area (Å²) in [5.41, 5.74) is 1.01. The van der Waals surface area contributed by atoms with Crippen molar-refractivity contribution in [1.82, 2.24) is 14.3 Å². The Morgan fingerprint density at radius 1 is 0.970 bits per heavy atom. The molecule has 0 amide bonds. The van der Waals surface area contributed by atoms with Crippen molar-refractivity contribution in [2.75, 3.05) is 0 Å². The summed E-state index contributed by atoms with van der Waals surface area (Å²) < 4.78 is 8.94. The maximum atomic E-state index is 12.9. The second-order valence-corrected chi connectivity index (χ2v) is 8.72. The highest BCUT2D eigenvalue weighted by Crippen LogP contribution is 2.20. The fraction of sp³-hybridized carbons (Fsp3) is 0.423. The molecule has 0 saturated carbocycles. The molecule has 0 bridgehead atoms. The molecule has 0 aliphatic carbocycles. The van der Waals surface area contributed by atoms with Gasteiger partial charge in [-0.05, 0) is 62.8 Å². The van der Waals surface area contributed by atoms with Gasteiger partial charge in [-0.25, -0.2) is 14.3 Å². The minimum absolute atomic E-state index is 0.0421. The van der Waals surface area contributed by atoms with Gasteiger partial charge in [-0.15, -0.1) is 0 Å². The largest absolute Gasteiger partial charge is 0.478 e. The standard InChI is InChI=1S/C26H33N3O4/c1-4-18-28-23(27-29(25(28)32)19-8-11-20-9-6-5-7-10-20)17-14-21-12-15-22(16-13-21)33-26(2,3)24(30)31/h5-7,9-10,12-13,15-16H,4,8,11,14,17-19H2,1-3H3,(H,30,31). The van der Waals surface area contributed by atoms with Crippen molar-refractivity contribution in [2.45, 2.75) is 71.6 Å². The number of hydrogen-bond acceptors (Lipinski definition) is 4. The lowest BCUT2D eigenvalue weighted by molar-refractivity contribution is -0.152. The van der Waals surface area contributed by atoms with Gasteiger partial charge >= 0.3 is 11.7 Å². The molecule has 0 radical (unpaired) electrons. The summed E-state index contributed by atoms with van der Waals surface area (Å²) in [6, 6.07) is 17.7.